The van der Waals surface area contributed by atoms with E-state index in [0.717, 1.165) is 6.42 Å². The summed E-state index contributed by atoms with van der Waals surface area (Å²) in [5.41, 5.74) is 17.4. The van der Waals surface area contributed by atoms with E-state index in [0.29, 0.717) is 23.7 Å². The van der Waals surface area contributed by atoms with Gasteiger partial charge in [-0.2, -0.15) is 0 Å². The van der Waals surface area contributed by atoms with Crippen molar-refractivity contribution in [2.24, 2.45) is 5.92 Å². The molecular formula is C48H39N. The Hall–Kier alpha value is -5.53. The molecule has 0 aliphatic heterocycles. The smallest absolute Gasteiger partial charge is 0.0177 e. The first-order chi connectivity index (χ1) is 24.2. The molecule has 0 bridgehead atoms. The van der Waals surface area contributed by atoms with Crippen LogP contribution >= 0.6 is 0 Å². The molecule has 5 atom stereocenters. The lowest BCUT2D eigenvalue weighted by Gasteiger charge is -2.39. The van der Waals surface area contributed by atoms with Gasteiger partial charge in [0.05, 0.1) is 0 Å². The minimum atomic E-state index is 0.268. The molecule has 1 N–H and O–H groups in total. The first-order valence-electron chi connectivity index (χ1n) is 17.6. The van der Waals surface area contributed by atoms with Gasteiger partial charge in [-0.05, 0) is 92.1 Å². The van der Waals surface area contributed by atoms with E-state index in [1.54, 1.807) is 0 Å². The minimum Gasteiger partial charge on any atom is -0.309 e. The zero-order chi connectivity index (χ0) is 32.9. The highest BCUT2D eigenvalue weighted by Gasteiger charge is 2.36. The van der Waals surface area contributed by atoms with Crippen molar-refractivity contribution in [3.8, 4) is 33.4 Å². The molecule has 0 saturated carbocycles. The topological polar surface area (TPSA) is 23.9 Å². The van der Waals surface area contributed by atoms with Gasteiger partial charge in [0.15, 0.2) is 0 Å². The predicted octanol–water partition coefficient (Wildman–Crippen LogP) is 12.4. The quantitative estimate of drug-likeness (QED) is 0.151. The summed E-state index contributed by atoms with van der Waals surface area (Å²) in [6, 6.07) is 43.2. The van der Waals surface area contributed by atoms with Gasteiger partial charge in [-0.1, -0.05) is 163 Å². The van der Waals surface area contributed by atoms with Crippen LogP contribution in [0.5, 0.6) is 0 Å². The molecule has 5 aromatic rings. The van der Waals surface area contributed by atoms with Crippen LogP contribution < -0.4 is 0 Å². The molecular weight excluding hydrogens is 591 g/mol. The van der Waals surface area contributed by atoms with E-state index in [1.807, 2.05) is 6.08 Å². The molecule has 0 aromatic heterocycles. The molecule has 0 heterocycles. The van der Waals surface area contributed by atoms with Crippen molar-refractivity contribution in [2.45, 2.75) is 37.0 Å². The van der Waals surface area contributed by atoms with Gasteiger partial charge in [0.1, 0.15) is 0 Å². The van der Waals surface area contributed by atoms with E-state index in [-0.39, 0.29) is 5.92 Å². The molecule has 5 unspecified atom stereocenters. The molecule has 0 saturated heterocycles. The number of fused-ring (bicyclic) bond motifs is 11. The highest BCUT2D eigenvalue weighted by molar-refractivity contribution is 5.95. The molecule has 236 valence electrons. The molecule has 1 nitrogen and oxygen atoms in total. The normalized spacial score (nSPS) is 23.0. The van der Waals surface area contributed by atoms with Crippen LogP contribution in [0.1, 0.15) is 64.8 Å². The largest absolute Gasteiger partial charge is 0.309 e. The van der Waals surface area contributed by atoms with Crippen molar-refractivity contribution in [1.82, 2.24) is 0 Å². The summed E-state index contributed by atoms with van der Waals surface area (Å²) in [6.07, 6.45) is 20.6. The first kappa shape index (κ1) is 29.6. The summed E-state index contributed by atoms with van der Waals surface area (Å²) in [5.74, 6) is 1.75. The molecule has 0 fully saturated rings. The summed E-state index contributed by atoms with van der Waals surface area (Å²) >= 11 is 0. The third-order valence-corrected chi connectivity index (χ3v) is 11.5. The van der Waals surface area contributed by atoms with Crippen LogP contribution in [0.3, 0.4) is 0 Å². The summed E-state index contributed by atoms with van der Waals surface area (Å²) in [6.45, 7) is 2.30. The van der Waals surface area contributed by atoms with Gasteiger partial charge in [0.2, 0.25) is 0 Å². The van der Waals surface area contributed by atoms with Gasteiger partial charge in [-0.15, -0.1) is 0 Å². The zero-order valence-electron chi connectivity index (χ0n) is 27.8. The van der Waals surface area contributed by atoms with E-state index in [4.69, 9.17) is 5.41 Å². The first-order valence-corrected chi connectivity index (χ1v) is 17.6. The molecule has 0 radical (unpaired) electrons. The number of hydrogen-bond donors (Lipinski definition) is 1. The van der Waals surface area contributed by atoms with Gasteiger partial charge in [0, 0.05) is 29.9 Å². The Morgan fingerprint density at radius 1 is 0.551 bits per heavy atom. The maximum absolute atomic E-state index is 7.60. The molecule has 4 aliphatic rings. The Balaban J connectivity index is 1.12. The van der Waals surface area contributed by atoms with E-state index in [2.05, 4.69) is 165 Å². The Kier molecular flexibility index (Phi) is 7.35. The minimum absolute atomic E-state index is 0.268. The zero-order valence-corrected chi connectivity index (χ0v) is 27.8. The third-order valence-electron chi connectivity index (χ3n) is 11.5. The second kappa shape index (κ2) is 12.2. The average Bonchev–Trinajstić information content (AvgIpc) is 3.17. The van der Waals surface area contributed by atoms with Crippen molar-refractivity contribution < 1.29 is 0 Å². The van der Waals surface area contributed by atoms with Crippen LogP contribution in [0.4, 0.5) is 0 Å². The van der Waals surface area contributed by atoms with Crippen LogP contribution in [0.2, 0.25) is 0 Å². The van der Waals surface area contributed by atoms with Crippen LogP contribution in [-0.2, 0) is 0 Å². The fourth-order valence-electron chi connectivity index (χ4n) is 9.18. The Bertz CT molecular complexity index is 2260. The number of hydrogen-bond acceptors (Lipinski definition) is 1. The van der Waals surface area contributed by atoms with E-state index >= 15 is 0 Å². The van der Waals surface area contributed by atoms with Crippen molar-refractivity contribution >= 4 is 11.8 Å². The standard InChI is InChI=1S/C48H39N/c1-31-35(22-11-29-49)37-12-2-3-13-38(37)44-28-27-34(30-47(31)44)32-23-25-33(26-24-32)36-20-10-21-46-43-17-7-6-16-41(43)39-14-4-5-15-40(39)42-18-8-9-19-45(42)48(36)46/h2-29,34,41,43-44,47,49H,30H2,1H3/b22-11-,49-29?. The fourth-order valence-corrected chi connectivity index (χ4v) is 9.18. The van der Waals surface area contributed by atoms with Crippen molar-refractivity contribution in [3.05, 3.63) is 197 Å². The molecule has 4 aliphatic carbocycles. The second-order valence-corrected chi connectivity index (χ2v) is 13.9. The summed E-state index contributed by atoms with van der Waals surface area (Å²) in [5, 5.41) is 7.60. The Morgan fingerprint density at radius 3 is 1.92 bits per heavy atom. The van der Waals surface area contributed by atoms with E-state index < -0.39 is 0 Å². The maximum Gasteiger partial charge on any atom is 0.0177 e. The lowest BCUT2D eigenvalue weighted by molar-refractivity contribution is 0.458. The Morgan fingerprint density at radius 2 is 1.16 bits per heavy atom. The summed E-state index contributed by atoms with van der Waals surface area (Å²) in [4.78, 5) is 0. The van der Waals surface area contributed by atoms with Crippen molar-refractivity contribution in [3.63, 3.8) is 0 Å². The van der Waals surface area contributed by atoms with Crippen molar-refractivity contribution in [2.75, 3.05) is 0 Å². The monoisotopic (exact) mass is 629 g/mol. The average molecular weight is 630 g/mol. The highest BCUT2D eigenvalue weighted by Crippen LogP contribution is 2.53. The fraction of sp³-hybridized carbons (Fsp3) is 0.146. The van der Waals surface area contributed by atoms with E-state index in [1.165, 1.54) is 78.6 Å². The maximum atomic E-state index is 7.60. The van der Waals surface area contributed by atoms with Crippen molar-refractivity contribution in [1.29, 1.82) is 5.41 Å². The number of nitrogens with one attached hydrogen (secondary N) is 1. The Labute approximate surface area is 289 Å². The van der Waals surface area contributed by atoms with E-state index in [9.17, 15) is 0 Å². The van der Waals surface area contributed by atoms with Gasteiger partial charge in [0.25, 0.3) is 0 Å². The lowest BCUT2D eigenvalue weighted by atomic mass is 9.65. The van der Waals surface area contributed by atoms with Crippen LogP contribution in [0.25, 0.3) is 39.0 Å². The van der Waals surface area contributed by atoms with Gasteiger partial charge < -0.3 is 5.41 Å². The molecule has 5 aromatic carbocycles. The predicted molar refractivity (Wildman–Crippen MR) is 206 cm³/mol. The highest BCUT2D eigenvalue weighted by atomic mass is 14.4. The number of allylic oxidation sites excluding steroid dienone is 10. The second-order valence-electron chi connectivity index (χ2n) is 13.9. The lowest BCUT2D eigenvalue weighted by Crippen LogP contribution is -2.24. The van der Waals surface area contributed by atoms with Crippen LogP contribution in [0.15, 0.2) is 169 Å². The van der Waals surface area contributed by atoms with Crippen LogP contribution in [-0.4, -0.2) is 6.21 Å². The summed E-state index contributed by atoms with van der Waals surface area (Å²) < 4.78 is 0. The molecule has 9 rings (SSSR count). The SMILES string of the molecule is CC1=C(/C=C\C=N)c2ccccc2C2C=CC(c3ccc(-c4cccc5c4-c4ccccc4-c4ccccc4C4C=CC=CC54)cc3)CC12. The van der Waals surface area contributed by atoms with Gasteiger partial charge in [-0.25, -0.2) is 0 Å². The number of benzene rings is 5. The van der Waals surface area contributed by atoms with Crippen LogP contribution in [0, 0.1) is 11.3 Å². The summed E-state index contributed by atoms with van der Waals surface area (Å²) in [7, 11) is 0. The number of rotatable bonds is 4. The third kappa shape index (κ3) is 4.87. The van der Waals surface area contributed by atoms with Gasteiger partial charge >= 0.3 is 0 Å². The molecule has 1 heteroatoms. The molecule has 0 amide bonds. The van der Waals surface area contributed by atoms with Gasteiger partial charge in [-0.3, -0.25) is 0 Å². The molecule has 49 heavy (non-hydrogen) atoms. The molecule has 0 spiro atoms.